The Bertz CT molecular complexity index is 1100. The highest BCUT2D eigenvalue weighted by Crippen LogP contribution is 2.36. The van der Waals surface area contributed by atoms with Gasteiger partial charge in [0.1, 0.15) is 0 Å². The van der Waals surface area contributed by atoms with Crippen molar-refractivity contribution in [3.63, 3.8) is 0 Å². The SMILES string of the molecule is O=C(NC[C@H]1CC[C@@H](NC(=O)[C@@H]2C[C@H](c3ccccc3)CN2)CC1)c1cc(C(F)(F)F)cc(C(F)(F)F)c1. The van der Waals surface area contributed by atoms with Crippen LogP contribution in [0.25, 0.3) is 0 Å². The molecule has 206 valence electrons. The van der Waals surface area contributed by atoms with E-state index in [9.17, 15) is 35.9 Å². The molecule has 2 aromatic rings. The van der Waals surface area contributed by atoms with Crippen LogP contribution in [0, 0.1) is 5.92 Å². The monoisotopic (exact) mass is 541 g/mol. The second-order valence-corrected chi connectivity index (χ2v) is 10.0. The summed E-state index contributed by atoms with van der Waals surface area (Å²) in [6.45, 7) is 0.852. The van der Waals surface area contributed by atoms with Crippen LogP contribution >= 0.6 is 0 Å². The predicted molar refractivity (Wildman–Crippen MR) is 128 cm³/mol. The molecule has 2 atom stereocenters. The van der Waals surface area contributed by atoms with Gasteiger partial charge in [-0.05, 0) is 67.7 Å². The van der Waals surface area contributed by atoms with Crippen LogP contribution in [-0.2, 0) is 17.1 Å². The maximum Gasteiger partial charge on any atom is 0.416 e. The fourth-order valence-corrected chi connectivity index (χ4v) is 5.15. The maximum absolute atomic E-state index is 13.1. The summed E-state index contributed by atoms with van der Waals surface area (Å²) in [5, 5.41) is 8.84. The molecule has 1 aliphatic carbocycles. The van der Waals surface area contributed by atoms with Crippen molar-refractivity contribution in [2.75, 3.05) is 13.1 Å². The van der Waals surface area contributed by atoms with Gasteiger partial charge in [0, 0.05) is 24.7 Å². The standard InChI is InChI=1S/C27H29F6N3O2/c28-26(29,30)20-10-18(11-21(13-20)27(31,32)33)24(37)35-14-16-6-8-22(9-7-16)36-25(38)23-12-19(15-34-23)17-4-2-1-3-5-17/h1-5,10-11,13,16,19,22-23,34H,6-9,12,14-15H2,(H,35,37)(H,36,38)/t16-,19-,22+,23-/m0/s1. The maximum atomic E-state index is 13.1. The molecular weight excluding hydrogens is 512 g/mol. The molecule has 2 aliphatic rings. The zero-order valence-corrected chi connectivity index (χ0v) is 20.5. The lowest BCUT2D eigenvalue weighted by atomic mass is 9.85. The quantitative estimate of drug-likeness (QED) is 0.437. The van der Waals surface area contributed by atoms with Crippen molar-refractivity contribution in [1.29, 1.82) is 0 Å². The largest absolute Gasteiger partial charge is 0.416 e. The van der Waals surface area contributed by atoms with Gasteiger partial charge in [-0.15, -0.1) is 0 Å². The van der Waals surface area contributed by atoms with E-state index in [1.54, 1.807) is 0 Å². The van der Waals surface area contributed by atoms with Gasteiger partial charge >= 0.3 is 12.4 Å². The second-order valence-electron chi connectivity index (χ2n) is 10.0. The fourth-order valence-electron chi connectivity index (χ4n) is 5.15. The van der Waals surface area contributed by atoms with E-state index in [1.807, 2.05) is 18.2 Å². The minimum Gasteiger partial charge on any atom is -0.352 e. The number of amides is 2. The molecule has 2 amide bonds. The van der Waals surface area contributed by atoms with Crippen LogP contribution in [-0.4, -0.2) is 37.0 Å². The molecule has 5 nitrogen and oxygen atoms in total. The number of hydrogen-bond donors (Lipinski definition) is 3. The molecule has 0 radical (unpaired) electrons. The Labute approximate surface area is 216 Å². The normalized spacial score (nSPS) is 24.2. The van der Waals surface area contributed by atoms with E-state index in [0.717, 1.165) is 6.54 Å². The fraction of sp³-hybridized carbons (Fsp3) is 0.481. The summed E-state index contributed by atoms with van der Waals surface area (Å²) in [5.41, 5.74) is -2.55. The first-order chi connectivity index (χ1) is 17.9. The van der Waals surface area contributed by atoms with Crippen molar-refractivity contribution in [1.82, 2.24) is 16.0 Å². The lowest BCUT2D eigenvalue weighted by Gasteiger charge is -2.30. The number of alkyl halides is 6. The Morgan fingerprint density at radius 2 is 1.47 bits per heavy atom. The summed E-state index contributed by atoms with van der Waals surface area (Å²) in [6, 6.07) is 10.6. The molecule has 1 aliphatic heterocycles. The molecule has 38 heavy (non-hydrogen) atoms. The Morgan fingerprint density at radius 1 is 0.868 bits per heavy atom. The van der Waals surface area contributed by atoms with Crippen LogP contribution in [0.1, 0.15) is 65.1 Å². The molecular formula is C27H29F6N3O2. The average molecular weight is 542 g/mol. The highest BCUT2D eigenvalue weighted by atomic mass is 19.4. The summed E-state index contributed by atoms with van der Waals surface area (Å²) >= 11 is 0. The number of carbonyl (C=O) groups is 2. The van der Waals surface area contributed by atoms with Crippen LogP contribution in [0.4, 0.5) is 26.3 Å². The van der Waals surface area contributed by atoms with E-state index in [1.165, 1.54) is 5.56 Å². The molecule has 0 spiro atoms. The van der Waals surface area contributed by atoms with Gasteiger partial charge in [0.15, 0.2) is 0 Å². The van der Waals surface area contributed by atoms with Crippen molar-refractivity contribution in [3.05, 3.63) is 70.8 Å². The van der Waals surface area contributed by atoms with Crippen LogP contribution < -0.4 is 16.0 Å². The van der Waals surface area contributed by atoms with Crippen molar-refractivity contribution in [2.45, 2.75) is 62.5 Å². The average Bonchev–Trinajstić information content (AvgIpc) is 3.38. The Morgan fingerprint density at radius 3 is 2.05 bits per heavy atom. The van der Waals surface area contributed by atoms with Gasteiger partial charge < -0.3 is 16.0 Å². The van der Waals surface area contributed by atoms with Crippen molar-refractivity contribution in [3.8, 4) is 0 Å². The zero-order chi connectivity index (χ0) is 27.5. The smallest absolute Gasteiger partial charge is 0.352 e. The van der Waals surface area contributed by atoms with Crippen LogP contribution in [0.3, 0.4) is 0 Å². The molecule has 0 bridgehead atoms. The first-order valence-corrected chi connectivity index (χ1v) is 12.6. The lowest BCUT2D eigenvalue weighted by molar-refractivity contribution is -0.143. The number of rotatable bonds is 6. The Balaban J connectivity index is 1.24. The van der Waals surface area contributed by atoms with Gasteiger partial charge in [-0.3, -0.25) is 9.59 Å². The van der Waals surface area contributed by atoms with E-state index in [4.69, 9.17) is 0 Å². The summed E-state index contributed by atoms with van der Waals surface area (Å²) in [4.78, 5) is 25.2. The van der Waals surface area contributed by atoms with Crippen LogP contribution in [0.2, 0.25) is 0 Å². The third-order valence-electron chi connectivity index (χ3n) is 7.31. The molecule has 3 N–H and O–H groups in total. The number of nitrogens with one attached hydrogen (secondary N) is 3. The third kappa shape index (κ3) is 7.06. The van der Waals surface area contributed by atoms with Crippen molar-refractivity contribution < 1.29 is 35.9 Å². The number of benzene rings is 2. The van der Waals surface area contributed by atoms with Gasteiger partial charge in [0.2, 0.25) is 5.91 Å². The highest BCUT2D eigenvalue weighted by molar-refractivity contribution is 5.94. The molecule has 1 saturated carbocycles. The van der Waals surface area contributed by atoms with Gasteiger partial charge in [0.05, 0.1) is 17.2 Å². The van der Waals surface area contributed by atoms with E-state index in [2.05, 4.69) is 28.1 Å². The minimum atomic E-state index is -5.02. The molecule has 1 heterocycles. The van der Waals surface area contributed by atoms with E-state index in [-0.39, 0.29) is 42.4 Å². The van der Waals surface area contributed by atoms with E-state index >= 15 is 0 Å². The zero-order valence-electron chi connectivity index (χ0n) is 20.5. The molecule has 2 fully saturated rings. The summed E-state index contributed by atoms with van der Waals surface area (Å²) < 4.78 is 78.4. The summed E-state index contributed by atoms with van der Waals surface area (Å²) in [6.07, 6.45) is -6.67. The lowest BCUT2D eigenvalue weighted by Crippen LogP contribution is -2.46. The van der Waals surface area contributed by atoms with E-state index in [0.29, 0.717) is 44.2 Å². The molecule has 0 unspecified atom stereocenters. The second kappa shape index (κ2) is 11.3. The number of halogens is 6. The summed E-state index contributed by atoms with van der Waals surface area (Å²) in [7, 11) is 0. The first kappa shape index (κ1) is 27.9. The van der Waals surface area contributed by atoms with Gasteiger partial charge in [-0.2, -0.15) is 26.3 Å². The molecule has 0 aromatic heterocycles. The minimum absolute atomic E-state index is 0.00470. The Hall–Kier alpha value is -3.08. The van der Waals surface area contributed by atoms with Gasteiger partial charge in [0.25, 0.3) is 5.91 Å². The molecule has 4 rings (SSSR count). The molecule has 1 saturated heterocycles. The van der Waals surface area contributed by atoms with Gasteiger partial charge in [-0.25, -0.2) is 0 Å². The van der Waals surface area contributed by atoms with Crippen molar-refractivity contribution in [2.24, 2.45) is 5.92 Å². The number of carbonyl (C=O) groups excluding carboxylic acids is 2. The van der Waals surface area contributed by atoms with E-state index < -0.39 is 35.0 Å². The number of hydrogen-bond acceptors (Lipinski definition) is 3. The van der Waals surface area contributed by atoms with Crippen LogP contribution in [0.5, 0.6) is 0 Å². The predicted octanol–water partition coefficient (Wildman–Crippen LogP) is 5.27. The topological polar surface area (TPSA) is 70.2 Å². The van der Waals surface area contributed by atoms with Crippen molar-refractivity contribution >= 4 is 11.8 Å². The highest BCUT2D eigenvalue weighted by Gasteiger charge is 2.38. The first-order valence-electron chi connectivity index (χ1n) is 12.6. The molecule has 2 aromatic carbocycles. The third-order valence-corrected chi connectivity index (χ3v) is 7.31. The molecule has 11 heteroatoms. The summed E-state index contributed by atoms with van der Waals surface area (Å²) in [5.74, 6) is -0.759. The Kier molecular flexibility index (Phi) is 8.34. The van der Waals surface area contributed by atoms with Crippen LogP contribution in [0.15, 0.2) is 48.5 Å². The van der Waals surface area contributed by atoms with Gasteiger partial charge in [-0.1, -0.05) is 30.3 Å².